The predicted molar refractivity (Wildman–Crippen MR) is 107 cm³/mol. The number of fused-ring (bicyclic) bond motifs is 1. The molecule has 0 fully saturated rings. The molecule has 1 N–H and O–H groups in total. The number of sulfonamides is 1. The first-order chi connectivity index (χ1) is 12.7. The number of ether oxygens (including phenoxy) is 1. The molecule has 0 saturated heterocycles. The maximum absolute atomic E-state index is 12.9. The Labute approximate surface area is 164 Å². The Balaban J connectivity index is 1.92. The summed E-state index contributed by atoms with van der Waals surface area (Å²) in [5, 5.41) is 4.73. The SMILES string of the molecule is COc1ccc(S(=O)(=O)N(C)C)cc1NC(=O)c1csc2c1CC[C@H](C)C2. The largest absolute Gasteiger partial charge is 0.495 e. The molecule has 1 heterocycles. The van der Waals surface area contributed by atoms with Gasteiger partial charge in [0.1, 0.15) is 5.75 Å². The Kier molecular flexibility index (Phi) is 5.60. The molecule has 0 spiro atoms. The van der Waals surface area contributed by atoms with Crippen molar-refractivity contribution >= 4 is 33.0 Å². The lowest BCUT2D eigenvalue weighted by Crippen LogP contribution is -2.22. The Morgan fingerprint density at radius 2 is 2.07 bits per heavy atom. The second-order valence-corrected chi connectivity index (χ2v) is 10.1. The van der Waals surface area contributed by atoms with E-state index in [4.69, 9.17) is 4.74 Å². The molecular weight excluding hydrogens is 384 g/mol. The van der Waals surface area contributed by atoms with Crippen LogP contribution in [0, 0.1) is 5.92 Å². The lowest BCUT2D eigenvalue weighted by atomic mass is 9.88. The maximum atomic E-state index is 12.9. The number of amides is 1. The second-order valence-electron chi connectivity index (χ2n) is 7.00. The Morgan fingerprint density at radius 3 is 2.74 bits per heavy atom. The van der Waals surface area contributed by atoms with E-state index in [9.17, 15) is 13.2 Å². The van der Waals surface area contributed by atoms with E-state index in [0.29, 0.717) is 22.9 Å². The van der Waals surface area contributed by atoms with Gasteiger partial charge in [0.15, 0.2) is 0 Å². The summed E-state index contributed by atoms with van der Waals surface area (Å²) in [6.45, 7) is 2.23. The molecule has 1 atom stereocenters. The molecule has 6 nitrogen and oxygen atoms in total. The molecule has 0 saturated carbocycles. The van der Waals surface area contributed by atoms with Crippen molar-refractivity contribution in [3.8, 4) is 5.75 Å². The van der Waals surface area contributed by atoms with Crippen LogP contribution in [0.3, 0.4) is 0 Å². The Morgan fingerprint density at radius 1 is 1.33 bits per heavy atom. The molecule has 0 radical (unpaired) electrons. The molecule has 1 aromatic heterocycles. The standard InChI is InChI=1S/C19H24N2O4S2/c1-12-5-7-14-15(11-26-18(14)9-12)19(22)20-16-10-13(6-8-17(16)25-4)27(23,24)21(2)3/h6,8,10-12H,5,7,9H2,1-4H3,(H,20,22)/t12-/m0/s1. The number of methoxy groups -OCH3 is 1. The minimum atomic E-state index is -3.61. The molecule has 1 aliphatic carbocycles. The summed E-state index contributed by atoms with van der Waals surface area (Å²) < 4.78 is 31.2. The summed E-state index contributed by atoms with van der Waals surface area (Å²) in [7, 11) is 0.817. The quantitative estimate of drug-likeness (QED) is 0.823. The number of carbonyl (C=O) groups excluding carboxylic acids is 1. The van der Waals surface area contributed by atoms with Gasteiger partial charge >= 0.3 is 0 Å². The van der Waals surface area contributed by atoms with Gasteiger partial charge in [-0.3, -0.25) is 4.79 Å². The highest BCUT2D eigenvalue weighted by atomic mass is 32.2. The second kappa shape index (κ2) is 7.61. The van der Waals surface area contributed by atoms with Crippen LogP contribution in [0.1, 0.15) is 34.1 Å². The van der Waals surface area contributed by atoms with Crippen molar-refractivity contribution < 1.29 is 17.9 Å². The van der Waals surface area contributed by atoms with Gasteiger partial charge < -0.3 is 10.1 Å². The van der Waals surface area contributed by atoms with Crippen molar-refractivity contribution in [3.63, 3.8) is 0 Å². The zero-order valence-corrected chi connectivity index (χ0v) is 17.5. The zero-order valence-electron chi connectivity index (χ0n) is 15.9. The Bertz CT molecular complexity index is 964. The van der Waals surface area contributed by atoms with E-state index in [-0.39, 0.29) is 10.8 Å². The molecule has 3 rings (SSSR count). The van der Waals surface area contributed by atoms with Crippen LogP contribution < -0.4 is 10.1 Å². The zero-order chi connectivity index (χ0) is 19.8. The van der Waals surface area contributed by atoms with Crippen molar-refractivity contribution in [1.82, 2.24) is 4.31 Å². The molecule has 1 aromatic carbocycles. The highest BCUT2D eigenvalue weighted by molar-refractivity contribution is 7.89. The first-order valence-corrected chi connectivity index (χ1v) is 11.1. The van der Waals surface area contributed by atoms with Crippen molar-refractivity contribution in [2.75, 3.05) is 26.5 Å². The van der Waals surface area contributed by atoms with Crippen LogP contribution in [0.2, 0.25) is 0 Å². The van der Waals surface area contributed by atoms with E-state index >= 15 is 0 Å². The van der Waals surface area contributed by atoms with Gasteiger partial charge in [-0.05, 0) is 48.9 Å². The van der Waals surface area contributed by atoms with E-state index in [2.05, 4.69) is 12.2 Å². The summed E-state index contributed by atoms with van der Waals surface area (Å²) in [6.07, 6.45) is 2.98. The van der Waals surface area contributed by atoms with E-state index in [1.165, 1.54) is 38.2 Å². The van der Waals surface area contributed by atoms with Gasteiger partial charge in [0.25, 0.3) is 5.91 Å². The van der Waals surface area contributed by atoms with E-state index in [1.54, 1.807) is 17.4 Å². The van der Waals surface area contributed by atoms with Crippen LogP contribution in [0.15, 0.2) is 28.5 Å². The summed E-state index contributed by atoms with van der Waals surface area (Å²) in [6, 6.07) is 4.46. The third-order valence-corrected chi connectivity index (χ3v) is 7.71. The van der Waals surface area contributed by atoms with Gasteiger partial charge in [-0.2, -0.15) is 0 Å². The van der Waals surface area contributed by atoms with E-state index in [1.807, 2.05) is 5.38 Å². The smallest absolute Gasteiger partial charge is 0.256 e. The molecule has 27 heavy (non-hydrogen) atoms. The van der Waals surface area contributed by atoms with Gasteiger partial charge in [0.2, 0.25) is 10.0 Å². The van der Waals surface area contributed by atoms with E-state index in [0.717, 1.165) is 29.1 Å². The highest BCUT2D eigenvalue weighted by Crippen LogP contribution is 2.34. The van der Waals surface area contributed by atoms with Crippen LogP contribution >= 0.6 is 11.3 Å². The maximum Gasteiger partial charge on any atom is 0.256 e. The fraction of sp³-hybridized carbons (Fsp3) is 0.421. The summed E-state index contributed by atoms with van der Waals surface area (Å²) in [5.41, 5.74) is 2.13. The Hall–Kier alpha value is -1.90. The first kappa shape index (κ1) is 19.9. The monoisotopic (exact) mass is 408 g/mol. The molecule has 146 valence electrons. The molecule has 1 amide bonds. The fourth-order valence-electron chi connectivity index (χ4n) is 3.21. The lowest BCUT2D eigenvalue weighted by molar-refractivity contribution is 0.102. The average Bonchev–Trinajstić information content (AvgIpc) is 3.04. The molecule has 0 unspecified atom stereocenters. The van der Waals surface area contributed by atoms with Crippen LogP contribution in [-0.4, -0.2) is 39.8 Å². The van der Waals surface area contributed by atoms with Crippen LogP contribution in [0.4, 0.5) is 5.69 Å². The highest BCUT2D eigenvalue weighted by Gasteiger charge is 2.25. The molecule has 2 aromatic rings. The summed E-state index contributed by atoms with van der Waals surface area (Å²) in [5.74, 6) is 0.818. The van der Waals surface area contributed by atoms with Crippen molar-refractivity contribution in [3.05, 3.63) is 39.6 Å². The molecule has 0 aliphatic heterocycles. The molecular formula is C19H24N2O4S2. The number of nitrogens with zero attached hydrogens (tertiary/aromatic N) is 1. The lowest BCUT2D eigenvalue weighted by Gasteiger charge is -2.19. The van der Waals surface area contributed by atoms with Crippen LogP contribution in [0.25, 0.3) is 0 Å². The van der Waals surface area contributed by atoms with Crippen molar-refractivity contribution in [2.45, 2.75) is 31.1 Å². The van der Waals surface area contributed by atoms with Gasteiger partial charge in [-0.25, -0.2) is 12.7 Å². The van der Waals surface area contributed by atoms with E-state index < -0.39 is 10.0 Å². The predicted octanol–water partition coefficient (Wildman–Crippen LogP) is 3.38. The number of rotatable bonds is 5. The number of carbonyl (C=O) groups is 1. The van der Waals surface area contributed by atoms with Gasteiger partial charge in [0, 0.05) is 24.4 Å². The average molecular weight is 409 g/mol. The first-order valence-electron chi connectivity index (χ1n) is 8.75. The third kappa shape index (κ3) is 3.88. The van der Waals surface area contributed by atoms with Crippen LogP contribution in [0.5, 0.6) is 5.75 Å². The number of hydrogen-bond donors (Lipinski definition) is 1. The topological polar surface area (TPSA) is 75.7 Å². The third-order valence-electron chi connectivity index (χ3n) is 4.84. The van der Waals surface area contributed by atoms with Gasteiger partial charge in [-0.1, -0.05) is 6.92 Å². The van der Waals surface area contributed by atoms with Gasteiger partial charge in [0.05, 0.1) is 23.3 Å². The van der Waals surface area contributed by atoms with Gasteiger partial charge in [-0.15, -0.1) is 11.3 Å². The fourth-order valence-corrected chi connectivity index (χ4v) is 5.39. The molecule has 0 bridgehead atoms. The number of benzene rings is 1. The minimum absolute atomic E-state index is 0.102. The normalized spacial score (nSPS) is 16.9. The number of thiophene rings is 1. The number of anilines is 1. The summed E-state index contributed by atoms with van der Waals surface area (Å²) >= 11 is 1.62. The molecule has 1 aliphatic rings. The van der Waals surface area contributed by atoms with Crippen molar-refractivity contribution in [1.29, 1.82) is 0 Å². The van der Waals surface area contributed by atoms with Crippen LogP contribution in [-0.2, 0) is 22.9 Å². The number of hydrogen-bond acceptors (Lipinski definition) is 5. The summed E-state index contributed by atoms with van der Waals surface area (Å²) in [4.78, 5) is 14.2. The van der Waals surface area contributed by atoms with Crippen molar-refractivity contribution in [2.24, 2.45) is 5.92 Å². The molecule has 8 heteroatoms. The minimum Gasteiger partial charge on any atom is -0.495 e. The number of nitrogens with one attached hydrogen (secondary N) is 1.